The van der Waals surface area contributed by atoms with Gasteiger partial charge in [0.1, 0.15) is 11.9 Å². The van der Waals surface area contributed by atoms with Crippen molar-refractivity contribution in [1.82, 2.24) is 9.80 Å². The average Bonchev–Trinajstić information content (AvgIpc) is 3.21. The van der Waals surface area contributed by atoms with Gasteiger partial charge in [0, 0.05) is 32.8 Å². The second-order valence-electron chi connectivity index (χ2n) is 6.51. The third kappa shape index (κ3) is 3.79. The molecule has 0 saturated carbocycles. The van der Waals surface area contributed by atoms with Gasteiger partial charge in [-0.2, -0.15) is 0 Å². The highest BCUT2D eigenvalue weighted by Gasteiger charge is 2.32. The molecule has 25 heavy (non-hydrogen) atoms. The highest BCUT2D eigenvalue weighted by atomic mass is 16.5. The Labute approximate surface area is 148 Å². The van der Waals surface area contributed by atoms with Gasteiger partial charge in [-0.05, 0) is 37.0 Å². The molecule has 2 aliphatic rings. The second-order valence-corrected chi connectivity index (χ2v) is 6.51. The van der Waals surface area contributed by atoms with Gasteiger partial charge in [0.25, 0.3) is 11.8 Å². The number of rotatable bonds is 4. The largest absolute Gasteiger partial charge is 0.496 e. The van der Waals surface area contributed by atoms with Crippen molar-refractivity contribution in [3.63, 3.8) is 0 Å². The molecule has 1 aromatic rings. The third-order valence-corrected chi connectivity index (χ3v) is 4.99. The predicted octanol–water partition coefficient (Wildman–Crippen LogP) is 1.72. The van der Waals surface area contributed by atoms with E-state index in [1.54, 1.807) is 12.0 Å². The van der Waals surface area contributed by atoms with E-state index in [2.05, 4.69) is 6.92 Å². The Bertz CT molecular complexity index is 632. The van der Waals surface area contributed by atoms with E-state index in [0.29, 0.717) is 44.1 Å². The number of methoxy groups -OCH3 is 1. The summed E-state index contributed by atoms with van der Waals surface area (Å²) in [5, 5.41) is 0. The minimum absolute atomic E-state index is 0.0311. The molecule has 2 saturated heterocycles. The maximum Gasteiger partial charge on any atom is 0.257 e. The van der Waals surface area contributed by atoms with Gasteiger partial charge in [0.2, 0.25) is 0 Å². The average molecular weight is 346 g/mol. The molecule has 1 atom stereocenters. The normalized spacial score (nSPS) is 20.6. The summed E-state index contributed by atoms with van der Waals surface area (Å²) in [4.78, 5) is 28.9. The lowest BCUT2D eigenvalue weighted by Gasteiger charge is -2.36. The van der Waals surface area contributed by atoms with Crippen molar-refractivity contribution in [2.75, 3.05) is 39.9 Å². The van der Waals surface area contributed by atoms with Crippen molar-refractivity contribution in [3.8, 4) is 5.75 Å². The first-order chi connectivity index (χ1) is 12.1. The highest BCUT2D eigenvalue weighted by Crippen LogP contribution is 2.23. The summed E-state index contributed by atoms with van der Waals surface area (Å²) in [7, 11) is 1.58. The summed E-state index contributed by atoms with van der Waals surface area (Å²) in [5.74, 6) is 0.631. The topological polar surface area (TPSA) is 59.1 Å². The Morgan fingerprint density at radius 3 is 2.52 bits per heavy atom. The molecule has 2 amide bonds. The Hall–Kier alpha value is -2.08. The zero-order valence-electron chi connectivity index (χ0n) is 15.0. The Balaban J connectivity index is 1.64. The summed E-state index contributed by atoms with van der Waals surface area (Å²) in [6, 6.07) is 5.74. The molecule has 6 nitrogen and oxygen atoms in total. The smallest absolute Gasteiger partial charge is 0.257 e. The summed E-state index contributed by atoms with van der Waals surface area (Å²) in [6.45, 7) is 4.92. The van der Waals surface area contributed by atoms with Crippen molar-refractivity contribution in [2.45, 2.75) is 32.3 Å². The number of hydrogen-bond acceptors (Lipinski definition) is 4. The minimum Gasteiger partial charge on any atom is -0.496 e. The van der Waals surface area contributed by atoms with E-state index in [1.807, 2.05) is 23.1 Å². The molecule has 0 aliphatic carbocycles. The molecule has 6 heteroatoms. The monoisotopic (exact) mass is 346 g/mol. The van der Waals surface area contributed by atoms with Crippen LogP contribution in [0, 0.1) is 0 Å². The fourth-order valence-electron chi connectivity index (χ4n) is 3.42. The van der Waals surface area contributed by atoms with Crippen LogP contribution in [0.3, 0.4) is 0 Å². The van der Waals surface area contributed by atoms with Crippen LogP contribution in [0.2, 0.25) is 0 Å². The molecule has 1 unspecified atom stereocenters. The zero-order valence-corrected chi connectivity index (χ0v) is 15.0. The van der Waals surface area contributed by atoms with Crippen molar-refractivity contribution in [1.29, 1.82) is 0 Å². The van der Waals surface area contributed by atoms with E-state index >= 15 is 0 Å². The summed E-state index contributed by atoms with van der Waals surface area (Å²) in [6.07, 6.45) is 2.33. The third-order valence-electron chi connectivity index (χ3n) is 4.99. The van der Waals surface area contributed by atoms with Crippen molar-refractivity contribution < 1.29 is 19.1 Å². The second kappa shape index (κ2) is 7.87. The van der Waals surface area contributed by atoms with E-state index in [4.69, 9.17) is 9.47 Å². The number of benzene rings is 1. The summed E-state index contributed by atoms with van der Waals surface area (Å²) >= 11 is 0. The molecule has 1 aromatic carbocycles. The molecular formula is C19H26N2O4. The van der Waals surface area contributed by atoms with Gasteiger partial charge in [0.05, 0.1) is 12.7 Å². The highest BCUT2D eigenvalue weighted by molar-refractivity contribution is 5.97. The van der Waals surface area contributed by atoms with Crippen molar-refractivity contribution in [3.05, 3.63) is 29.3 Å². The molecular weight excluding hydrogens is 320 g/mol. The predicted molar refractivity (Wildman–Crippen MR) is 93.8 cm³/mol. The lowest BCUT2D eigenvalue weighted by molar-refractivity contribution is -0.142. The van der Waals surface area contributed by atoms with E-state index in [1.165, 1.54) is 0 Å². The number of ether oxygens (including phenoxy) is 2. The van der Waals surface area contributed by atoms with Gasteiger partial charge in [0.15, 0.2) is 0 Å². The van der Waals surface area contributed by atoms with Crippen LogP contribution < -0.4 is 4.74 Å². The molecule has 0 spiro atoms. The first-order valence-corrected chi connectivity index (χ1v) is 9.00. The standard InChI is InChI=1S/C19H26N2O4/c1-3-14-6-7-16(24-2)15(13-14)18(22)20-8-10-21(11-9-20)19(23)17-5-4-12-25-17/h6-7,13,17H,3-5,8-12H2,1-2H3. The summed E-state index contributed by atoms with van der Waals surface area (Å²) < 4.78 is 10.8. The number of amides is 2. The van der Waals surface area contributed by atoms with Crippen LogP contribution in [-0.2, 0) is 16.0 Å². The Morgan fingerprint density at radius 2 is 1.92 bits per heavy atom. The summed E-state index contributed by atoms with van der Waals surface area (Å²) in [5.41, 5.74) is 1.71. The number of carbonyl (C=O) groups is 2. The maximum absolute atomic E-state index is 12.9. The van der Waals surface area contributed by atoms with Gasteiger partial charge >= 0.3 is 0 Å². The van der Waals surface area contributed by atoms with Crippen LogP contribution in [0.5, 0.6) is 5.75 Å². The SMILES string of the molecule is CCc1ccc(OC)c(C(=O)N2CCN(C(=O)C3CCCO3)CC2)c1. The fourth-order valence-corrected chi connectivity index (χ4v) is 3.42. The van der Waals surface area contributed by atoms with E-state index < -0.39 is 0 Å². The minimum atomic E-state index is -0.288. The molecule has 0 N–H and O–H groups in total. The van der Waals surface area contributed by atoms with Gasteiger partial charge in [-0.1, -0.05) is 13.0 Å². The quantitative estimate of drug-likeness (QED) is 0.833. The molecule has 3 rings (SSSR count). The first-order valence-electron chi connectivity index (χ1n) is 9.00. The fraction of sp³-hybridized carbons (Fsp3) is 0.579. The van der Waals surface area contributed by atoms with Crippen LogP contribution in [0.4, 0.5) is 0 Å². The van der Waals surface area contributed by atoms with Crippen LogP contribution in [0.15, 0.2) is 18.2 Å². The molecule has 2 aliphatic heterocycles. The Kier molecular flexibility index (Phi) is 5.58. The van der Waals surface area contributed by atoms with Gasteiger partial charge in [-0.15, -0.1) is 0 Å². The van der Waals surface area contributed by atoms with Gasteiger partial charge < -0.3 is 19.3 Å². The number of nitrogens with zero attached hydrogens (tertiary/aromatic N) is 2. The Morgan fingerprint density at radius 1 is 1.20 bits per heavy atom. The van der Waals surface area contributed by atoms with Crippen LogP contribution in [-0.4, -0.2) is 67.6 Å². The molecule has 2 fully saturated rings. The number of aryl methyl sites for hydroxylation is 1. The molecule has 0 radical (unpaired) electrons. The lowest BCUT2D eigenvalue weighted by Crippen LogP contribution is -2.52. The zero-order chi connectivity index (χ0) is 17.8. The van der Waals surface area contributed by atoms with E-state index in [9.17, 15) is 9.59 Å². The number of carbonyl (C=O) groups excluding carboxylic acids is 2. The van der Waals surface area contributed by atoms with E-state index in [-0.39, 0.29) is 17.9 Å². The maximum atomic E-state index is 12.9. The molecule has 0 bridgehead atoms. The van der Waals surface area contributed by atoms with Crippen LogP contribution in [0.25, 0.3) is 0 Å². The first kappa shape index (κ1) is 17.7. The van der Waals surface area contributed by atoms with Crippen molar-refractivity contribution >= 4 is 11.8 Å². The van der Waals surface area contributed by atoms with Crippen LogP contribution >= 0.6 is 0 Å². The molecule has 2 heterocycles. The van der Waals surface area contributed by atoms with Gasteiger partial charge in [-0.3, -0.25) is 9.59 Å². The van der Waals surface area contributed by atoms with Gasteiger partial charge in [-0.25, -0.2) is 0 Å². The van der Waals surface area contributed by atoms with E-state index in [0.717, 1.165) is 24.8 Å². The lowest BCUT2D eigenvalue weighted by atomic mass is 10.1. The number of hydrogen-bond donors (Lipinski definition) is 0. The van der Waals surface area contributed by atoms with Crippen LogP contribution in [0.1, 0.15) is 35.7 Å². The van der Waals surface area contributed by atoms with Crippen molar-refractivity contribution in [2.24, 2.45) is 0 Å². The molecule has 136 valence electrons. The molecule has 0 aromatic heterocycles. The number of piperazine rings is 1.